The quantitative estimate of drug-likeness (QED) is 0.871. The number of hydrogen-bond acceptors (Lipinski definition) is 2. The first kappa shape index (κ1) is 14.9. The van der Waals surface area contributed by atoms with Crippen molar-refractivity contribution in [2.75, 3.05) is 0 Å². The van der Waals surface area contributed by atoms with Crippen molar-refractivity contribution in [1.29, 1.82) is 0 Å². The Balaban J connectivity index is 1.51. The van der Waals surface area contributed by atoms with Crippen LogP contribution in [0.15, 0.2) is 48.5 Å². The van der Waals surface area contributed by atoms with Crippen molar-refractivity contribution >= 4 is 17.7 Å². The van der Waals surface area contributed by atoms with E-state index >= 15 is 0 Å². The Morgan fingerprint density at radius 2 is 1.86 bits per heavy atom. The van der Waals surface area contributed by atoms with Crippen LogP contribution >= 0.6 is 11.6 Å². The number of carbonyl (C=O) groups excluding carboxylic acids is 1. The van der Waals surface area contributed by atoms with Crippen molar-refractivity contribution in [2.24, 2.45) is 0 Å². The molecule has 4 heteroatoms. The summed E-state index contributed by atoms with van der Waals surface area (Å²) in [5.41, 5.74) is 4.65. The van der Waals surface area contributed by atoms with Crippen LogP contribution in [0.1, 0.15) is 22.3 Å². The second kappa shape index (κ2) is 6.84. The second-order valence-electron chi connectivity index (χ2n) is 5.55. The number of halogens is 1. The summed E-state index contributed by atoms with van der Waals surface area (Å²) in [7, 11) is 0. The molecule has 1 unspecified atom stereocenters. The number of amides is 1. The molecule has 0 saturated heterocycles. The van der Waals surface area contributed by atoms with Gasteiger partial charge >= 0.3 is 6.09 Å². The van der Waals surface area contributed by atoms with Crippen molar-refractivity contribution in [3.63, 3.8) is 0 Å². The minimum absolute atomic E-state index is 0.101. The molecule has 114 valence electrons. The normalized spacial score (nSPS) is 16.1. The molecule has 2 aromatic rings. The monoisotopic (exact) mass is 315 g/mol. The van der Waals surface area contributed by atoms with E-state index in [9.17, 15) is 4.79 Å². The maximum absolute atomic E-state index is 11.9. The summed E-state index contributed by atoms with van der Waals surface area (Å²) in [4.78, 5) is 11.9. The molecule has 0 aliphatic heterocycles. The fourth-order valence-electron chi connectivity index (χ4n) is 2.79. The zero-order valence-corrected chi connectivity index (χ0v) is 13.0. The highest BCUT2D eigenvalue weighted by molar-refractivity contribution is 6.17. The van der Waals surface area contributed by atoms with Crippen molar-refractivity contribution < 1.29 is 9.53 Å². The van der Waals surface area contributed by atoms with Gasteiger partial charge in [0.05, 0.1) is 0 Å². The standard InChI is InChI=1S/C18H18ClNO2/c19-11-14-6-7-15-9-17(10-16(15)8-14)20-18(21)22-12-13-4-2-1-3-5-13/h1-8,17H,9-12H2,(H,20,21). The second-order valence-corrected chi connectivity index (χ2v) is 5.82. The summed E-state index contributed by atoms with van der Waals surface area (Å²) in [6, 6.07) is 16.0. The van der Waals surface area contributed by atoms with Gasteiger partial charge in [-0.25, -0.2) is 4.79 Å². The Morgan fingerprint density at radius 3 is 2.64 bits per heavy atom. The van der Waals surface area contributed by atoms with Gasteiger partial charge in [-0.2, -0.15) is 0 Å². The molecule has 2 aromatic carbocycles. The van der Waals surface area contributed by atoms with Gasteiger partial charge in [0.2, 0.25) is 0 Å². The molecular formula is C18H18ClNO2. The molecule has 1 amide bonds. The van der Waals surface area contributed by atoms with Crippen LogP contribution in [0.3, 0.4) is 0 Å². The number of nitrogens with one attached hydrogen (secondary N) is 1. The smallest absolute Gasteiger partial charge is 0.407 e. The Bertz CT molecular complexity index is 657. The first-order valence-corrected chi connectivity index (χ1v) is 7.92. The van der Waals surface area contributed by atoms with Crippen molar-refractivity contribution in [2.45, 2.75) is 31.4 Å². The summed E-state index contributed by atoms with van der Waals surface area (Å²) >= 11 is 5.86. The SMILES string of the molecule is O=C(NC1Cc2ccc(CCl)cc2C1)OCc1ccccc1. The molecule has 0 saturated carbocycles. The minimum Gasteiger partial charge on any atom is -0.445 e. The van der Waals surface area contributed by atoms with Crippen molar-refractivity contribution in [3.05, 3.63) is 70.8 Å². The molecule has 0 heterocycles. The third-order valence-electron chi connectivity index (χ3n) is 3.89. The lowest BCUT2D eigenvalue weighted by Gasteiger charge is -2.12. The summed E-state index contributed by atoms with van der Waals surface area (Å²) < 4.78 is 5.26. The Kier molecular flexibility index (Phi) is 4.64. The topological polar surface area (TPSA) is 38.3 Å². The van der Waals surface area contributed by atoms with Gasteiger partial charge in [0.25, 0.3) is 0 Å². The summed E-state index contributed by atoms with van der Waals surface area (Å²) in [5, 5.41) is 2.94. The number of rotatable bonds is 4. The van der Waals surface area contributed by atoms with Crippen LogP contribution in [-0.4, -0.2) is 12.1 Å². The highest BCUT2D eigenvalue weighted by atomic mass is 35.5. The maximum Gasteiger partial charge on any atom is 0.407 e. The molecule has 1 atom stereocenters. The molecule has 0 fully saturated rings. The van der Waals surface area contributed by atoms with E-state index in [-0.39, 0.29) is 12.1 Å². The Labute approximate surface area is 135 Å². The number of benzene rings is 2. The lowest BCUT2D eigenvalue weighted by molar-refractivity contribution is 0.136. The number of carbonyl (C=O) groups is 1. The van der Waals surface area contributed by atoms with Crippen LogP contribution in [0.25, 0.3) is 0 Å². The van der Waals surface area contributed by atoms with Crippen molar-refractivity contribution in [1.82, 2.24) is 5.32 Å². The van der Waals surface area contributed by atoms with Gasteiger partial charge in [-0.05, 0) is 35.1 Å². The van der Waals surface area contributed by atoms with E-state index < -0.39 is 0 Å². The van der Waals surface area contributed by atoms with Crippen LogP contribution in [0.5, 0.6) is 0 Å². The molecular weight excluding hydrogens is 298 g/mol. The third kappa shape index (κ3) is 3.60. The average molecular weight is 316 g/mol. The number of ether oxygens (including phenoxy) is 1. The zero-order valence-electron chi connectivity index (χ0n) is 12.2. The lowest BCUT2D eigenvalue weighted by atomic mass is 10.1. The van der Waals surface area contributed by atoms with Gasteiger partial charge in [-0.15, -0.1) is 11.6 Å². The fourth-order valence-corrected chi connectivity index (χ4v) is 2.95. The van der Waals surface area contributed by atoms with Crippen LogP contribution in [0, 0.1) is 0 Å². The molecule has 22 heavy (non-hydrogen) atoms. The van der Waals surface area contributed by atoms with Crippen LogP contribution in [0.4, 0.5) is 4.79 Å². The molecule has 3 nitrogen and oxygen atoms in total. The van der Waals surface area contributed by atoms with E-state index in [1.54, 1.807) is 0 Å². The zero-order chi connectivity index (χ0) is 15.4. The highest BCUT2D eigenvalue weighted by Crippen LogP contribution is 2.24. The van der Waals surface area contributed by atoms with Gasteiger partial charge in [-0.1, -0.05) is 48.5 Å². The average Bonchev–Trinajstić information content (AvgIpc) is 2.95. The minimum atomic E-state index is -0.362. The molecule has 1 aliphatic rings. The Morgan fingerprint density at radius 1 is 1.09 bits per heavy atom. The van der Waals surface area contributed by atoms with Gasteiger partial charge in [0.1, 0.15) is 6.61 Å². The lowest BCUT2D eigenvalue weighted by Crippen LogP contribution is -2.35. The summed E-state index contributed by atoms with van der Waals surface area (Å²) in [6.07, 6.45) is 1.32. The van der Waals surface area contributed by atoms with E-state index in [4.69, 9.17) is 16.3 Å². The van der Waals surface area contributed by atoms with E-state index in [1.165, 1.54) is 11.1 Å². The van der Waals surface area contributed by atoms with E-state index in [1.807, 2.05) is 36.4 Å². The fraction of sp³-hybridized carbons (Fsp3) is 0.278. The maximum atomic E-state index is 11.9. The van der Waals surface area contributed by atoms with E-state index in [0.29, 0.717) is 12.5 Å². The largest absolute Gasteiger partial charge is 0.445 e. The van der Waals surface area contributed by atoms with Gasteiger partial charge in [0.15, 0.2) is 0 Å². The number of alkyl halides is 1. The van der Waals surface area contributed by atoms with Crippen LogP contribution in [0.2, 0.25) is 0 Å². The van der Waals surface area contributed by atoms with Gasteiger partial charge in [0, 0.05) is 11.9 Å². The first-order chi connectivity index (χ1) is 10.7. The highest BCUT2D eigenvalue weighted by Gasteiger charge is 2.23. The number of alkyl carbamates (subject to hydrolysis) is 1. The molecule has 1 N–H and O–H groups in total. The predicted octanol–water partition coefficient (Wildman–Crippen LogP) is 3.82. The number of fused-ring (bicyclic) bond motifs is 1. The van der Waals surface area contributed by atoms with Crippen molar-refractivity contribution in [3.8, 4) is 0 Å². The predicted molar refractivity (Wildman–Crippen MR) is 87.0 cm³/mol. The molecule has 0 bridgehead atoms. The van der Waals surface area contributed by atoms with Crippen LogP contribution < -0.4 is 5.32 Å². The summed E-state index contributed by atoms with van der Waals surface area (Å²) in [6.45, 7) is 0.294. The molecule has 0 aromatic heterocycles. The number of hydrogen-bond donors (Lipinski definition) is 1. The molecule has 3 rings (SSSR count). The van der Waals surface area contributed by atoms with E-state index in [0.717, 1.165) is 24.0 Å². The van der Waals surface area contributed by atoms with E-state index in [2.05, 4.69) is 17.4 Å². The summed E-state index contributed by atoms with van der Waals surface area (Å²) in [5.74, 6) is 0.518. The first-order valence-electron chi connectivity index (χ1n) is 7.38. The molecule has 0 spiro atoms. The molecule has 0 radical (unpaired) electrons. The Hall–Kier alpha value is -2.00. The molecule has 1 aliphatic carbocycles. The third-order valence-corrected chi connectivity index (χ3v) is 4.20. The van der Waals surface area contributed by atoms with Crippen LogP contribution in [-0.2, 0) is 30.1 Å². The van der Waals surface area contributed by atoms with Gasteiger partial charge < -0.3 is 10.1 Å². The van der Waals surface area contributed by atoms with Gasteiger partial charge in [-0.3, -0.25) is 0 Å².